The summed E-state index contributed by atoms with van der Waals surface area (Å²) in [6.07, 6.45) is 3.95. The van der Waals surface area contributed by atoms with E-state index >= 15 is 0 Å². The van der Waals surface area contributed by atoms with Gasteiger partial charge in [-0.05, 0) is 24.6 Å². The zero-order chi connectivity index (χ0) is 17.3. The van der Waals surface area contributed by atoms with Crippen molar-refractivity contribution in [1.82, 2.24) is 15.0 Å². The lowest BCUT2D eigenvalue weighted by molar-refractivity contribution is -0.111. The maximum atomic E-state index is 11.6. The number of rotatable bonds is 4. The molecule has 7 nitrogen and oxygen atoms in total. The summed E-state index contributed by atoms with van der Waals surface area (Å²) in [5, 5.41) is 12.5. The normalized spacial score (nSPS) is 10.5. The van der Waals surface area contributed by atoms with Crippen molar-refractivity contribution < 1.29 is 14.7 Å². The van der Waals surface area contributed by atoms with Gasteiger partial charge in [-0.3, -0.25) is 4.79 Å². The number of carboxylic acid groups (broad SMARTS) is 1. The van der Waals surface area contributed by atoms with Crippen LogP contribution >= 0.6 is 0 Å². The largest absolute Gasteiger partial charge is 0.478 e. The number of carboxylic acids is 1. The van der Waals surface area contributed by atoms with Crippen LogP contribution in [0.1, 0.15) is 15.9 Å². The molecule has 24 heavy (non-hydrogen) atoms. The van der Waals surface area contributed by atoms with E-state index in [1.54, 1.807) is 12.1 Å². The van der Waals surface area contributed by atoms with E-state index in [1.807, 2.05) is 13.0 Å². The van der Waals surface area contributed by atoms with Crippen LogP contribution in [0.5, 0.6) is 0 Å². The molecule has 0 saturated carbocycles. The summed E-state index contributed by atoms with van der Waals surface area (Å²) < 4.78 is 0. The summed E-state index contributed by atoms with van der Waals surface area (Å²) in [4.78, 5) is 34.2. The van der Waals surface area contributed by atoms with E-state index in [1.165, 1.54) is 18.6 Å². The Kier molecular flexibility index (Phi) is 3.83. The lowest BCUT2D eigenvalue weighted by atomic mass is 10.00. The van der Waals surface area contributed by atoms with Gasteiger partial charge in [0.05, 0.1) is 16.6 Å². The molecule has 1 aromatic carbocycles. The number of benzene rings is 1. The molecule has 0 atom stereocenters. The van der Waals surface area contributed by atoms with E-state index in [2.05, 4.69) is 26.8 Å². The first-order chi connectivity index (χ1) is 11.5. The Morgan fingerprint density at radius 3 is 2.83 bits per heavy atom. The van der Waals surface area contributed by atoms with Crippen LogP contribution < -0.4 is 5.32 Å². The molecule has 0 radical (unpaired) electrons. The van der Waals surface area contributed by atoms with Crippen LogP contribution in [-0.2, 0) is 4.79 Å². The Bertz CT molecular complexity index is 975. The van der Waals surface area contributed by atoms with Crippen molar-refractivity contribution in [2.24, 2.45) is 0 Å². The van der Waals surface area contributed by atoms with Crippen LogP contribution in [-0.4, -0.2) is 31.9 Å². The number of H-pyrrole nitrogens is 1. The molecule has 0 aliphatic rings. The number of carbonyl (C=O) groups is 2. The predicted molar refractivity (Wildman–Crippen MR) is 89.8 cm³/mol. The second kappa shape index (κ2) is 5.96. The molecular weight excluding hydrogens is 308 g/mol. The van der Waals surface area contributed by atoms with E-state index in [0.29, 0.717) is 28.0 Å². The number of carbonyl (C=O) groups excluding carboxylic acids is 1. The first-order valence-corrected chi connectivity index (χ1v) is 7.11. The molecule has 2 aromatic heterocycles. The second-order valence-electron chi connectivity index (χ2n) is 5.12. The van der Waals surface area contributed by atoms with Gasteiger partial charge >= 0.3 is 5.97 Å². The van der Waals surface area contributed by atoms with E-state index in [-0.39, 0.29) is 11.5 Å². The summed E-state index contributed by atoms with van der Waals surface area (Å²) >= 11 is 0. The van der Waals surface area contributed by atoms with Crippen LogP contribution in [0.3, 0.4) is 0 Å². The second-order valence-corrected chi connectivity index (χ2v) is 5.12. The van der Waals surface area contributed by atoms with Gasteiger partial charge in [-0.15, -0.1) is 0 Å². The van der Waals surface area contributed by atoms with Gasteiger partial charge in [0.15, 0.2) is 0 Å². The summed E-state index contributed by atoms with van der Waals surface area (Å²) in [6, 6.07) is 5.34. The Labute approximate surface area is 137 Å². The molecule has 0 spiro atoms. The average molecular weight is 322 g/mol. The third-order valence-electron chi connectivity index (χ3n) is 3.73. The zero-order valence-electron chi connectivity index (χ0n) is 12.8. The first-order valence-electron chi connectivity index (χ1n) is 7.11. The number of fused-ring (bicyclic) bond motifs is 1. The maximum Gasteiger partial charge on any atom is 0.338 e. The van der Waals surface area contributed by atoms with Crippen molar-refractivity contribution in [2.45, 2.75) is 6.92 Å². The van der Waals surface area contributed by atoms with Crippen molar-refractivity contribution in [2.75, 3.05) is 5.32 Å². The molecule has 3 aromatic rings. The summed E-state index contributed by atoms with van der Waals surface area (Å²) in [5.41, 5.74) is 3.12. The smallest absolute Gasteiger partial charge is 0.338 e. The fourth-order valence-electron chi connectivity index (χ4n) is 2.55. The quantitative estimate of drug-likeness (QED) is 0.640. The molecule has 2 heterocycles. The lowest BCUT2D eigenvalue weighted by Crippen LogP contribution is -2.09. The van der Waals surface area contributed by atoms with Crippen LogP contribution in [0.15, 0.2) is 43.4 Å². The monoisotopic (exact) mass is 322 g/mol. The van der Waals surface area contributed by atoms with Gasteiger partial charge in [-0.2, -0.15) is 0 Å². The molecule has 120 valence electrons. The minimum absolute atomic E-state index is 0.0977. The molecule has 7 heteroatoms. The molecule has 0 aliphatic carbocycles. The number of hydrogen-bond acceptors (Lipinski definition) is 4. The van der Waals surface area contributed by atoms with Crippen molar-refractivity contribution >= 4 is 28.6 Å². The van der Waals surface area contributed by atoms with Gasteiger partial charge in [0.2, 0.25) is 5.91 Å². The SMILES string of the molecule is C=CC(=O)Nc1cccc(-c2ncnc3[nH]cc(C(=O)O)c23)c1C. The summed E-state index contributed by atoms with van der Waals surface area (Å²) in [6.45, 7) is 5.26. The zero-order valence-corrected chi connectivity index (χ0v) is 12.8. The van der Waals surface area contributed by atoms with E-state index in [0.717, 1.165) is 5.56 Å². The number of aromatic carboxylic acids is 1. The molecule has 0 unspecified atom stereocenters. The maximum absolute atomic E-state index is 11.6. The highest BCUT2D eigenvalue weighted by Gasteiger charge is 2.19. The molecule has 1 amide bonds. The Morgan fingerprint density at radius 2 is 2.12 bits per heavy atom. The minimum atomic E-state index is -1.06. The predicted octanol–water partition coefficient (Wildman–Crippen LogP) is 2.76. The third-order valence-corrected chi connectivity index (χ3v) is 3.73. The summed E-state index contributed by atoms with van der Waals surface area (Å²) in [7, 11) is 0. The van der Waals surface area contributed by atoms with Gasteiger partial charge in [-0.1, -0.05) is 18.7 Å². The van der Waals surface area contributed by atoms with Crippen molar-refractivity contribution in [3.05, 3.63) is 54.5 Å². The molecular formula is C17H14N4O3. The van der Waals surface area contributed by atoms with Crippen LogP contribution in [0, 0.1) is 6.92 Å². The third kappa shape index (κ3) is 2.52. The fourth-order valence-corrected chi connectivity index (χ4v) is 2.55. The van der Waals surface area contributed by atoms with Crippen molar-refractivity contribution in [1.29, 1.82) is 0 Å². The Morgan fingerprint density at radius 1 is 1.33 bits per heavy atom. The number of aromatic nitrogens is 3. The molecule has 0 fully saturated rings. The highest BCUT2D eigenvalue weighted by atomic mass is 16.4. The van der Waals surface area contributed by atoms with Gasteiger partial charge in [0.1, 0.15) is 12.0 Å². The highest BCUT2D eigenvalue weighted by Crippen LogP contribution is 2.33. The molecule has 0 saturated heterocycles. The highest BCUT2D eigenvalue weighted by molar-refractivity contribution is 6.08. The molecule has 0 bridgehead atoms. The number of hydrogen-bond donors (Lipinski definition) is 3. The summed E-state index contributed by atoms with van der Waals surface area (Å²) in [5.74, 6) is -1.39. The Balaban J connectivity index is 2.23. The topological polar surface area (TPSA) is 108 Å². The molecule has 3 rings (SSSR count). The van der Waals surface area contributed by atoms with Gasteiger partial charge in [-0.25, -0.2) is 14.8 Å². The van der Waals surface area contributed by atoms with E-state index in [9.17, 15) is 14.7 Å². The number of aromatic amines is 1. The van der Waals surface area contributed by atoms with Crippen molar-refractivity contribution in [3.63, 3.8) is 0 Å². The van der Waals surface area contributed by atoms with Crippen molar-refractivity contribution in [3.8, 4) is 11.3 Å². The van der Waals surface area contributed by atoms with Gasteiger partial charge in [0.25, 0.3) is 0 Å². The van der Waals surface area contributed by atoms with Gasteiger partial charge in [0, 0.05) is 17.4 Å². The fraction of sp³-hybridized carbons (Fsp3) is 0.0588. The van der Waals surface area contributed by atoms with E-state index < -0.39 is 5.97 Å². The number of nitrogens with zero attached hydrogens (tertiary/aromatic N) is 2. The molecule has 0 aliphatic heterocycles. The number of nitrogens with one attached hydrogen (secondary N) is 2. The Hall–Kier alpha value is -3.48. The van der Waals surface area contributed by atoms with Crippen LogP contribution in [0.4, 0.5) is 5.69 Å². The lowest BCUT2D eigenvalue weighted by Gasteiger charge is -2.12. The molecule has 3 N–H and O–H groups in total. The number of amides is 1. The van der Waals surface area contributed by atoms with E-state index in [4.69, 9.17) is 0 Å². The average Bonchev–Trinajstić information content (AvgIpc) is 3.01. The minimum Gasteiger partial charge on any atom is -0.478 e. The van der Waals surface area contributed by atoms with Crippen LogP contribution in [0.25, 0.3) is 22.3 Å². The number of anilines is 1. The van der Waals surface area contributed by atoms with Crippen LogP contribution in [0.2, 0.25) is 0 Å². The standard InChI is InChI=1S/C17H14N4O3/c1-3-13(22)21-12-6-4-5-10(9(12)2)15-14-11(17(23)24)7-18-16(14)20-8-19-15/h3-8H,1H2,2H3,(H,21,22)(H,23,24)(H,18,19,20). The first kappa shape index (κ1) is 15.4. The van der Waals surface area contributed by atoms with Gasteiger partial charge < -0.3 is 15.4 Å².